The highest BCUT2D eigenvalue weighted by Crippen LogP contribution is 2.36. The molecule has 39 heavy (non-hydrogen) atoms. The molecule has 1 aliphatic heterocycles. The minimum Gasteiger partial charge on any atom is -0.437 e. The van der Waals surface area contributed by atoms with Crippen LogP contribution < -0.4 is 15.8 Å². The van der Waals surface area contributed by atoms with Crippen molar-refractivity contribution in [2.45, 2.75) is 31.3 Å². The van der Waals surface area contributed by atoms with Crippen LogP contribution in [0.4, 0.5) is 13.2 Å². The van der Waals surface area contributed by atoms with Gasteiger partial charge in [-0.05, 0) is 42.3 Å². The number of halogens is 4. The molecule has 2 atom stereocenters. The third-order valence-corrected chi connectivity index (χ3v) is 6.31. The topological polar surface area (TPSA) is 107 Å². The van der Waals surface area contributed by atoms with Crippen LogP contribution in [0.2, 0.25) is 5.02 Å². The number of ether oxygens (including phenoxy) is 2. The molecule has 3 N–H and O–H groups in total. The minimum atomic E-state index is -4.58. The van der Waals surface area contributed by atoms with Gasteiger partial charge in [0.2, 0.25) is 11.8 Å². The molecule has 2 aromatic carbocycles. The number of nitrogens with two attached hydrogens (primary N) is 1. The molecule has 0 aliphatic carbocycles. The second-order valence-electron chi connectivity index (χ2n) is 8.96. The molecule has 206 valence electrons. The van der Waals surface area contributed by atoms with Gasteiger partial charge in [-0.25, -0.2) is 4.98 Å². The summed E-state index contributed by atoms with van der Waals surface area (Å²) >= 11 is 6.01. The van der Waals surface area contributed by atoms with Crippen molar-refractivity contribution in [1.82, 2.24) is 15.2 Å². The number of alkyl halides is 3. The lowest BCUT2D eigenvalue weighted by molar-refractivity contribution is -0.137. The number of hydrogen-bond acceptors (Lipinski definition) is 6. The summed E-state index contributed by atoms with van der Waals surface area (Å²) in [6.45, 7) is 0.941. The number of carbonyl (C=O) groups is 2. The number of benzene rings is 2. The Morgan fingerprint density at radius 3 is 2.59 bits per heavy atom. The first-order chi connectivity index (χ1) is 18.6. The van der Waals surface area contributed by atoms with Crippen LogP contribution in [0.25, 0.3) is 0 Å². The number of likely N-dealkylation sites (tertiary alicyclic amines) is 1. The van der Waals surface area contributed by atoms with E-state index in [-0.39, 0.29) is 47.4 Å². The SMILES string of the molecule is N[C@@H]1CCN(C(=O)[C@@H](COCc2ccccc2)NC(=O)c2cccnc2Oc2ccc(C(F)(F)F)cc2Cl)C1. The van der Waals surface area contributed by atoms with Crippen molar-refractivity contribution in [1.29, 1.82) is 0 Å². The van der Waals surface area contributed by atoms with Crippen LogP contribution in [0.3, 0.4) is 0 Å². The summed E-state index contributed by atoms with van der Waals surface area (Å²) in [5, 5.41) is 2.37. The molecule has 1 fully saturated rings. The molecule has 8 nitrogen and oxygen atoms in total. The van der Waals surface area contributed by atoms with Crippen LogP contribution in [0.5, 0.6) is 11.6 Å². The van der Waals surface area contributed by atoms with Gasteiger partial charge in [0.15, 0.2) is 0 Å². The van der Waals surface area contributed by atoms with Gasteiger partial charge < -0.3 is 25.4 Å². The highest BCUT2D eigenvalue weighted by atomic mass is 35.5. The van der Waals surface area contributed by atoms with Gasteiger partial charge >= 0.3 is 6.18 Å². The van der Waals surface area contributed by atoms with Crippen molar-refractivity contribution < 1.29 is 32.2 Å². The Morgan fingerprint density at radius 2 is 1.92 bits per heavy atom. The zero-order chi connectivity index (χ0) is 28.0. The number of rotatable bonds is 9. The Balaban J connectivity index is 1.50. The molecule has 0 spiro atoms. The molecule has 2 heterocycles. The molecule has 0 bridgehead atoms. The van der Waals surface area contributed by atoms with E-state index in [0.29, 0.717) is 19.5 Å². The van der Waals surface area contributed by atoms with Gasteiger partial charge in [0.05, 0.1) is 23.8 Å². The lowest BCUT2D eigenvalue weighted by Gasteiger charge is -2.24. The average molecular weight is 563 g/mol. The van der Waals surface area contributed by atoms with E-state index in [1.807, 2.05) is 30.3 Å². The zero-order valence-corrected chi connectivity index (χ0v) is 21.4. The van der Waals surface area contributed by atoms with Crippen LogP contribution in [-0.4, -0.2) is 53.5 Å². The summed E-state index contributed by atoms with van der Waals surface area (Å²) in [4.78, 5) is 32.2. The summed E-state index contributed by atoms with van der Waals surface area (Å²) in [5.74, 6) is -1.36. The standard InChI is InChI=1S/C27H26ClF3N4O4/c28-21-13-18(27(29,30)31)8-9-23(21)39-25-20(7-4-11-33-25)24(36)34-22(26(37)35-12-10-19(32)14-35)16-38-15-17-5-2-1-3-6-17/h1-9,11,13,19,22H,10,12,14-16,32H2,(H,34,36)/t19-,22-/m1/s1. The monoisotopic (exact) mass is 562 g/mol. The van der Waals surface area contributed by atoms with Crippen molar-refractivity contribution in [2.24, 2.45) is 5.73 Å². The lowest BCUT2D eigenvalue weighted by atomic mass is 10.2. The largest absolute Gasteiger partial charge is 0.437 e. The van der Waals surface area contributed by atoms with Gasteiger partial charge in [0, 0.05) is 25.3 Å². The Morgan fingerprint density at radius 1 is 1.15 bits per heavy atom. The van der Waals surface area contributed by atoms with Gasteiger partial charge in [0.25, 0.3) is 5.91 Å². The Bertz CT molecular complexity index is 1310. The lowest BCUT2D eigenvalue weighted by Crippen LogP contribution is -2.50. The van der Waals surface area contributed by atoms with Crippen LogP contribution in [-0.2, 0) is 22.3 Å². The normalized spacial score (nSPS) is 16.1. The molecule has 3 aromatic rings. The van der Waals surface area contributed by atoms with Crippen molar-refractivity contribution in [3.63, 3.8) is 0 Å². The molecular weight excluding hydrogens is 537 g/mol. The zero-order valence-electron chi connectivity index (χ0n) is 20.7. The number of pyridine rings is 1. The fourth-order valence-corrected chi connectivity index (χ4v) is 4.22. The predicted molar refractivity (Wildman–Crippen MR) is 137 cm³/mol. The summed E-state index contributed by atoms with van der Waals surface area (Å²) in [7, 11) is 0. The first-order valence-corrected chi connectivity index (χ1v) is 12.5. The van der Waals surface area contributed by atoms with E-state index in [9.17, 15) is 22.8 Å². The maximum atomic E-state index is 13.3. The quantitative estimate of drug-likeness (QED) is 0.400. The molecule has 1 aromatic heterocycles. The van der Waals surface area contributed by atoms with Crippen LogP contribution in [0.1, 0.15) is 27.9 Å². The molecule has 0 saturated carbocycles. The highest BCUT2D eigenvalue weighted by molar-refractivity contribution is 6.32. The molecule has 4 rings (SSSR count). The second kappa shape index (κ2) is 12.5. The Kier molecular flexibility index (Phi) is 9.05. The van der Waals surface area contributed by atoms with Crippen molar-refractivity contribution in [3.8, 4) is 11.6 Å². The van der Waals surface area contributed by atoms with E-state index in [1.54, 1.807) is 4.90 Å². The Labute approximate surface area is 227 Å². The average Bonchev–Trinajstić information content (AvgIpc) is 3.35. The maximum absolute atomic E-state index is 13.3. The van der Waals surface area contributed by atoms with E-state index in [2.05, 4.69) is 10.3 Å². The number of amides is 2. The molecule has 0 radical (unpaired) electrons. The van der Waals surface area contributed by atoms with Crippen molar-refractivity contribution in [3.05, 3.63) is 88.6 Å². The molecule has 1 saturated heterocycles. The maximum Gasteiger partial charge on any atom is 0.416 e. The number of nitrogens with one attached hydrogen (secondary N) is 1. The smallest absolute Gasteiger partial charge is 0.416 e. The van der Waals surface area contributed by atoms with E-state index < -0.39 is 23.7 Å². The predicted octanol–water partition coefficient (Wildman–Crippen LogP) is 4.42. The van der Waals surface area contributed by atoms with Crippen LogP contribution in [0, 0.1) is 0 Å². The third kappa shape index (κ3) is 7.47. The van der Waals surface area contributed by atoms with Crippen LogP contribution >= 0.6 is 11.6 Å². The Hall–Kier alpha value is -3.67. The fourth-order valence-electron chi connectivity index (χ4n) is 4.00. The minimum absolute atomic E-state index is 0.0487. The van der Waals surface area contributed by atoms with Gasteiger partial charge in [-0.15, -0.1) is 0 Å². The highest BCUT2D eigenvalue weighted by Gasteiger charge is 2.33. The molecule has 12 heteroatoms. The first kappa shape index (κ1) is 28.3. The molecule has 1 aliphatic rings. The van der Waals surface area contributed by atoms with Gasteiger partial charge in [-0.2, -0.15) is 13.2 Å². The molecule has 0 unspecified atom stereocenters. The summed E-state index contributed by atoms with van der Waals surface area (Å²) in [6.07, 6.45) is -2.59. The van der Waals surface area contributed by atoms with Gasteiger partial charge in [-0.1, -0.05) is 41.9 Å². The molecule has 2 amide bonds. The number of hydrogen-bond donors (Lipinski definition) is 2. The number of aromatic nitrogens is 1. The third-order valence-electron chi connectivity index (χ3n) is 6.02. The van der Waals surface area contributed by atoms with Crippen molar-refractivity contribution in [2.75, 3.05) is 19.7 Å². The summed E-state index contributed by atoms with van der Waals surface area (Å²) in [5.41, 5.74) is 5.86. The number of nitrogens with zero attached hydrogens (tertiary/aromatic N) is 2. The fraction of sp³-hybridized carbons (Fsp3) is 0.296. The van der Waals surface area contributed by atoms with E-state index in [1.165, 1.54) is 18.3 Å². The van der Waals surface area contributed by atoms with Gasteiger partial charge in [-0.3, -0.25) is 9.59 Å². The van der Waals surface area contributed by atoms with E-state index in [4.69, 9.17) is 26.8 Å². The summed E-state index contributed by atoms with van der Waals surface area (Å²) in [6, 6.07) is 13.6. The summed E-state index contributed by atoms with van der Waals surface area (Å²) < 4.78 is 50.3. The number of carbonyl (C=O) groups excluding carboxylic acids is 2. The van der Waals surface area contributed by atoms with E-state index >= 15 is 0 Å². The first-order valence-electron chi connectivity index (χ1n) is 12.1. The van der Waals surface area contributed by atoms with Crippen LogP contribution in [0.15, 0.2) is 66.9 Å². The molecular formula is C27H26ClF3N4O4. The second-order valence-corrected chi connectivity index (χ2v) is 9.37. The van der Waals surface area contributed by atoms with E-state index in [0.717, 1.165) is 23.8 Å². The van der Waals surface area contributed by atoms with Gasteiger partial charge in [0.1, 0.15) is 17.4 Å². The van der Waals surface area contributed by atoms with Crippen molar-refractivity contribution >= 4 is 23.4 Å².